The lowest BCUT2D eigenvalue weighted by Gasteiger charge is -2.29. The molecule has 2 aromatic carbocycles. The van der Waals surface area contributed by atoms with E-state index >= 15 is 0 Å². The Hall–Kier alpha value is -3.34. The first-order chi connectivity index (χ1) is 13.6. The quantitative estimate of drug-likeness (QED) is 0.822. The summed E-state index contributed by atoms with van der Waals surface area (Å²) in [5.41, 5.74) is 1.45. The van der Waals surface area contributed by atoms with E-state index in [2.05, 4.69) is 0 Å². The summed E-state index contributed by atoms with van der Waals surface area (Å²) in [6.07, 6.45) is 4.66. The lowest BCUT2D eigenvalue weighted by molar-refractivity contribution is -0.146. The molecule has 2 heterocycles. The summed E-state index contributed by atoms with van der Waals surface area (Å²) in [6.45, 7) is 0.879. The van der Waals surface area contributed by atoms with Crippen LogP contribution in [-0.2, 0) is 20.9 Å². The number of amides is 1. The van der Waals surface area contributed by atoms with Gasteiger partial charge >= 0.3 is 0 Å². The molecule has 0 aromatic heterocycles. The van der Waals surface area contributed by atoms with Crippen LogP contribution in [0.4, 0.5) is 0 Å². The predicted octanol–water partition coefficient (Wildman–Crippen LogP) is 3.36. The Morgan fingerprint density at radius 1 is 1.14 bits per heavy atom. The van der Waals surface area contributed by atoms with Gasteiger partial charge in [-0.05, 0) is 29.3 Å². The highest BCUT2D eigenvalue weighted by Gasteiger charge is 2.54. The fourth-order valence-corrected chi connectivity index (χ4v) is 3.71. The number of hydrogen-bond donors (Lipinski definition) is 0. The van der Waals surface area contributed by atoms with Gasteiger partial charge in [0.25, 0.3) is 5.91 Å². The van der Waals surface area contributed by atoms with Crippen molar-refractivity contribution >= 4 is 17.8 Å². The molecule has 1 amide bonds. The number of rotatable bonds is 4. The number of hydrogen-bond acceptors (Lipinski definition) is 4. The summed E-state index contributed by atoms with van der Waals surface area (Å²) in [5.74, 6) is 0.440. The van der Waals surface area contributed by atoms with Gasteiger partial charge in [0.05, 0.1) is 19.8 Å². The number of allylic oxidation sites excluding steroid dienone is 1. The van der Waals surface area contributed by atoms with Crippen LogP contribution in [0.1, 0.15) is 17.5 Å². The van der Waals surface area contributed by atoms with Crippen molar-refractivity contribution in [3.05, 3.63) is 83.6 Å². The number of carbonyl (C=O) groups excluding carboxylic acids is 2. The maximum absolute atomic E-state index is 13.3. The van der Waals surface area contributed by atoms with Gasteiger partial charge in [-0.1, -0.05) is 42.5 Å². The molecule has 0 aliphatic carbocycles. The van der Waals surface area contributed by atoms with E-state index in [4.69, 9.17) is 9.47 Å². The van der Waals surface area contributed by atoms with Crippen molar-refractivity contribution in [2.24, 2.45) is 0 Å². The standard InChI is InChI=1S/C23H21NO4/c1-27-21-9-5-8-18(13-21)12-19-16-24(15-17-6-3-2-4-7-17)22(26)23(19)14-20(25)10-11-28-23/h2-13H,14-16H2,1H3/b19-12+/t23-/m0/s1. The van der Waals surface area contributed by atoms with Crippen LogP contribution < -0.4 is 4.74 Å². The fraction of sp³-hybridized carbons (Fsp3) is 0.217. The Morgan fingerprint density at radius 3 is 2.71 bits per heavy atom. The third-order valence-corrected chi connectivity index (χ3v) is 5.11. The van der Waals surface area contributed by atoms with E-state index < -0.39 is 5.60 Å². The van der Waals surface area contributed by atoms with Crippen molar-refractivity contribution in [1.29, 1.82) is 0 Å². The monoisotopic (exact) mass is 375 g/mol. The van der Waals surface area contributed by atoms with Crippen molar-refractivity contribution in [3.8, 4) is 5.75 Å². The number of nitrogens with zero attached hydrogens (tertiary/aromatic N) is 1. The molecule has 1 fully saturated rings. The summed E-state index contributed by atoms with van der Waals surface area (Å²) in [5, 5.41) is 0. The van der Waals surface area contributed by atoms with Crippen molar-refractivity contribution in [2.45, 2.75) is 18.6 Å². The summed E-state index contributed by atoms with van der Waals surface area (Å²) in [4.78, 5) is 27.2. The van der Waals surface area contributed by atoms with E-state index in [1.165, 1.54) is 12.3 Å². The number of ketones is 1. The molecule has 1 saturated heterocycles. The number of likely N-dealkylation sites (tertiary alicyclic amines) is 1. The molecule has 0 saturated carbocycles. The molecule has 0 unspecified atom stereocenters. The van der Waals surface area contributed by atoms with Gasteiger partial charge in [0.1, 0.15) is 5.75 Å². The third kappa shape index (κ3) is 3.31. The molecule has 4 rings (SSSR count). The zero-order valence-electron chi connectivity index (χ0n) is 15.6. The van der Waals surface area contributed by atoms with Crippen LogP contribution >= 0.6 is 0 Å². The minimum absolute atomic E-state index is 0.0173. The van der Waals surface area contributed by atoms with Crippen LogP contribution in [0, 0.1) is 0 Å². The van der Waals surface area contributed by atoms with E-state index in [9.17, 15) is 9.59 Å². The molecule has 142 valence electrons. The topological polar surface area (TPSA) is 55.8 Å². The second-order valence-electron chi connectivity index (χ2n) is 6.98. The SMILES string of the molecule is COc1cccc(/C=C2\CN(Cc3ccccc3)C(=O)[C@]23CC(=O)C=CO3)c1. The van der Waals surface area contributed by atoms with Gasteiger partial charge in [0, 0.05) is 24.7 Å². The molecule has 2 aromatic rings. The maximum Gasteiger partial charge on any atom is 0.272 e. The van der Waals surface area contributed by atoms with Crippen LogP contribution in [0.2, 0.25) is 0 Å². The molecular formula is C23H21NO4. The maximum atomic E-state index is 13.3. The minimum Gasteiger partial charge on any atom is -0.497 e. The van der Waals surface area contributed by atoms with Gasteiger partial charge in [0.15, 0.2) is 5.78 Å². The molecule has 2 aliphatic rings. The predicted molar refractivity (Wildman–Crippen MR) is 105 cm³/mol. The lowest BCUT2D eigenvalue weighted by Crippen LogP contribution is -2.45. The molecule has 0 radical (unpaired) electrons. The first kappa shape index (κ1) is 18.0. The number of carbonyl (C=O) groups is 2. The Morgan fingerprint density at radius 2 is 1.96 bits per heavy atom. The summed E-state index contributed by atoms with van der Waals surface area (Å²) in [7, 11) is 1.61. The van der Waals surface area contributed by atoms with Crippen LogP contribution in [0.15, 0.2) is 72.5 Å². The largest absolute Gasteiger partial charge is 0.497 e. The van der Waals surface area contributed by atoms with Crippen LogP contribution in [0.5, 0.6) is 5.75 Å². The molecule has 0 bridgehead atoms. The highest BCUT2D eigenvalue weighted by Crippen LogP contribution is 2.39. The molecule has 5 heteroatoms. The highest BCUT2D eigenvalue weighted by atomic mass is 16.5. The molecule has 2 aliphatic heterocycles. The van der Waals surface area contributed by atoms with E-state index in [1.807, 2.05) is 60.7 Å². The van der Waals surface area contributed by atoms with Crippen molar-refractivity contribution < 1.29 is 19.1 Å². The molecular weight excluding hydrogens is 354 g/mol. The van der Waals surface area contributed by atoms with E-state index in [-0.39, 0.29) is 18.1 Å². The molecule has 28 heavy (non-hydrogen) atoms. The Balaban J connectivity index is 1.72. The third-order valence-electron chi connectivity index (χ3n) is 5.11. The van der Waals surface area contributed by atoms with Gasteiger partial charge < -0.3 is 14.4 Å². The molecule has 5 nitrogen and oxygen atoms in total. The van der Waals surface area contributed by atoms with Crippen LogP contribution in [-0.4, -0.2) is 35.8 Å². The molecule has 1 atom stereocenters. The van der Waals surface area contributed by atoms with Crippen molar-refractivity contribution in [1.82, 2.24) is 4.90 Å². The van der Waals surface area contributed by atoms with Gasteiger partial charge in [-0.25, -0.2) is 0 Å². The molecule has 1 spiro atoms. The fourth-order valence-electron chi connectivity index (χ4n) is 3.71. The van der Waals surface area contributed by atoms with Crippen LogP contribution in [0.25, 0.3) is 6.08 Å². The zero-order chi connectivity index (χ0) is 19.6. The zero-order valence-corrected chi connectivity index (χ0v) is 15.6. The smallest absolute Gasteiger partial charge is 0.272 e. The summed E-state index contributed by atoms with van der Waals surface area (Å²) in [6, 6.07) is 17.4. The normalized spacial score (nSPS) is 22.8. The summed E-state index contributed by atoms with van der Waals surface area (Å²) < 4.78 is 11.1. The number of ether oxygens (including phenoxy) is 2. The second kappa shape index (κ2) is 7.35. The first-order valence-corrected chi connectivity index (χ1v) is 9.16. The Kier molecular flexibility index (Phi) is 4.74. The number of benzene rings is 2. The van der Waals surface area contributed by atoms with Gasteiger partial charge in [-0.2, -0.15) is 0 Å². The van der Waals surface area contributed by atoms with Gasteiger partial charge in [-0.3, -0.25) is 9.59 Å². The molecule has 0 N–H and O–H groups in total. The minimum atomic E-state index is -1.26. The van der Waals surface area contributed by atoms with E-state index in [1.54, 1.807) is 12.0 Å². The second-order valence-corrected chi connectivity index (χ2v) is 6.98. The van der Waals surface area contributed by atoms with Crippen LogP contribution in [0.3, 0.4) is 0 Å². The highest BCUT2D eigenvalue weighted by molar-refractivity contribution is 6.02. The van der Waals surface area contributed by atoms with E-state index in [0.717, 1.165) is 22.4 Å². The van der Waals surface area contributed by atoms with Crippen molar-refractivity contribution in [2.75, 3.05) is 13.7 Å². The van der Waals surface area contributed by atoms with Crippen molar-refractivity contribution in [3.63, 3.8) is 0 Å². The van der Waals surface area contributed by atoms with Gasteiger partial charge in [-0.15, -0.1) is 0 Å². The van der Waals surface area contributed by atoms with E-state index in [0.29, 0.717) is 13.1 Å². The first-order valence-electron chi connectivity index (χ1n) is 9.16. The number of methoxy groups -OCH3 is 1. The van der Waals surface area contributed by atoms with Gasteiger partial charge in [0.2, 0.25) is 5.60 Å². The average molecular weight is 375 g/mol. The Labute approximate surface area is 163 Å². The summed E-state index contributed by atoms with van der Waals surface area (Å²) >= 11 is 0. The average Bonchev–Trinajstić information content (AvgIpc) is 2.94. The lowest BCUT2D eigenvalue weighted by atomic mass is 9.87. The Bertz CT molecular complexity index is 964.